The number of nitrogens with zero attached hydrogens (tertiary/aromatic N) is 2. The second-order valence-corrected chi connectivity index (χ2v) is 5.56. The van der Waals surface area contributed by atoms with Gasteiger partial charge >= 0.3 is 0 Å². The van der Waals surface area contributed by atoms with Crippen molar-refractivity contribution in [3.05, 3.63) is 11.8 Å². The third-order valence-corrected chi connectivity index (χ3v) is 4.22. The molecule has 0 saturated heterocycles. The normalized spacial score (nSPS) is 20.6. The fourth-order valence-corrected chi connectivity index (χ4v) is 3.31. The molecule has 1 unspecified atom stereocenters. The summed E-state index contributed by atoms with van der Waals surface area (Å²) in [5.41, 5.74) is 1.06. The van der Waals surface area contributed by atoms with Crippen molar-refractivity contribution in [3.8, 4) is 0 Å². The molecule has 1 aromatic rings. The zero-order valence-electron chi connectivity index (χ0n) is 9.90. The lowest BCUT2D eigenvalue weighted by Crippen LogP contribution is -2.07. The van der Waals surface area contributed by atoms with E-state index in [0.717, 1.165) is 37.1 Å². The SMILES string of the molecule is Cc1cc(SCCC2CCCC2=O)n(C)n1. The Kier molecular flexibility index (Phi) is 3.69. The highest BCUT2D eigenvalue weighted by atomic mass is 32.2. The first-order valence-electron chi connectivity index (χ1n) is 5.83. The second kappa shape index (κ2) is 5.04. The van der Waals surface area contributed by atoms with Gasteiger partial charge in [-0.1, -0.05) is 0 Å². The van der Waals surface area contributed by atoms with Gasteiger partial charge in [0.25, 0.3) is 0 Å². The Morgan fingerprint density at radius 1 is 1.62 bits per heavy atom. The number of carbonyl (C=O) groups is 1. The number of hydrogen-bond donors (Lipinski definition) is 0. The molecule has 4 heteroatoms. The van der Waals surface area contributed by atoms with Gasteiger partial charge in [0.15, 0.2) is 0 Å². The molecule has 0 radical (unpaired) electrons. The Balaban J connectivity index is 1.79. The summed E-state index contributed by atoms with van der Waals surface area (Å²) in [4.78, 5) is 11.5. The molecule has 0 amide bonds. The maximum atomic E-state index is 11.5. The minimum absolute atomic E-state index is 0.335. The van der Waals surface area contributed by atoms with Gasteiger partial charge < -0.3 is 0 Å². The van der Waals surface area contributed by atoms with Crippen LogP contribution in [-0.2, 0) is 11.8 Å². The van der Waals surface area contributed by atoms with Crippen LogP contribution in [0.25, 0.3) is 0 Å². The van der Waals surface area contributed by atoms with E-state index in [1.165, 1.54) is 5.03 Å². The third kappa shape index (κ3) is 2.67. The van der Waals surface area contributed by atoms with Gasteiger partial charge in [-0.3, -0.25) is 9.48 Å². The smallest absolute Gasteiger partial charge is 0.136 e. The zero-order chi connectivity index (χ0) is 11.5. The van der Waals surface area contributed by atoms with E-state index in [4.69, 9.17) is 0 Å². The molecule has 3 nitrogen and oxygen atoms in total. The number of thioether (sulfide) groups is 1. The van der Waals surface area contributed by atoms with Crippen LogP contribution in [-0.4, -0.2) is 21.3 Å². The first-order valence-corrected chi connectivity index (χ1v) is 6.81. The highest BCUT2D eigenvalue weighted by Gasteiger charge is 2.23. The topological polar surface area (TPSA) is 34.9 Å². The van der Waals surface area contributed by atoms with Crippen molar-refractivity contribution in [2.45, 2.75) is 37.6 Å². The number of aryl methyl sites for hydroxylation is 2. The first kappa shape index (κ1) is 11.7. The number of carbonyl (C=O) groups excluding carboxylic acids is 1. The van der Waals surface area contributed by atoms with Gasteiger partial charge in [0.2, 0.25) is 0 Å². The average Bonchev–Trinajstić information content (AvgIpc) is 2.75. The van der Waals surface area contributed by atoms with E-state index in [9.17, 15) is 4.79 Å². The van der Waals surface area contributed by atoms with Gasteiger partial charge in [0, 0.05) is 25.1 Å². The molecule has 1 atom stereocenters. The fourth-order valence-electron chi connectivity index (χ4n) is 2.22. The van der Waals surface area contributed by atoms with E-state index < -0.39 is 0 Å². The van der Waals surface area contributed by atoms with Gasteiger partial charge in [-0.2, -0.15) is 5.10 Å². The van der Waals surface area contributed by atoms with E-state index in [2.05, 4.69) is 11.2 Å². The van der Waals surface area contributed by atoms with Gasteiger partial charge in [-0.05, 0) is 32.3 Å². The highest BCUT2D eigenvalue weighted by Crippen LogP contribution is 2.27. The van der Waals surface area contributed by atoms with Gasteiger partial charge in [0.05, 0.1) is 10.7 Å². The molecule has 1 aliphatic rings. The third-order valence-electron chi connectivity index (χ3n) is 3.11. The minimum Gasteiger partial charge on any atom is -0.299 e. The van der Waals surface area contributed by atoms with Crippen molar-refractivity contribution in [2.75, 3.05) is 5.75 Å². The number of aromatic nitrogens is 2. The predicted octanol–water partition coefficient (Wildman–Crippen LogP) is 2.58. The number of rotatable bonds is 4. The molecule has 88 valence electrons. The van der Waals surface area contributed by atoms with Crippen LogP contribution in [0.4, 0.5) is 0 Å². The van der Waals surface area contributed by atoms with E-state index in [-0.39, 0.29) is 0 Å². The molecule has 0 bridgehead atoms. The zero-order valence-corrected chi connectivity index (χ0v) is 10.7. The van der Waals surface area contributed by atoms with Gasteiger partial charge in [-0.25, -0.2) is 0 Å². The molecule has 0 aliphatic heterocycles. The van der Waals surface area contributed by atoms with E-state index in [1.807, 2.05) is 18.7 Å². The van der Waals surface area contributed by atoms with Gasteiger partial charge in [0.1, 0.15) is 5.78 Å². The molecule has 1 saturated carbocycles. The first-order chi connectivity index (χ1) is 7.66. The van der Waals surface area contributed by atoms with Crippen LogP contribution in [0.1, 0.15) is 31.4 Å². The summed E-state index contributed by atoms with van der Waals surface area (Å²) in [6.07, 6.45) is 4.02. The summed E-state index contributed by atoms with van der Waals surface area (Å²) in [5, 5.41) is 5.50. The van der Waals surface area contributed by atoms with E-state index in [0.29, 0.717) is 11.7 Å². The lowest BCUT2D eigenvalue weighted by atomic mass is 10.1. The van der Waals surface area contributed by atoms with Crippen LogP contribution in [0.2, 0.25) is 0 Å². The Hall–Kier alpha value is -0.770. The summed E-state index contributed by atoms with van der Waals surface area (Å²) >= 11 is 1.80. The Morgan fingerprint density at radius 2 is 2.44 bits per heavy atom. The van der Waals surface area contributed by atoms with Crippen molar-refractivity contribution in [1.29, 1.82) is 0 Å². The quantitative estimate of drug-likeness (QED) is 0.756. The van der Waals surface area contributed by atoms with Crippen molar-refractivity contribution < 1.29 is 4.79 Å². The minimum atomic E-state index is 0.335. The van der Waals surface area contributed by atoms with Crippen molar-refractivity contribution in [2.24, 2.45) is 13.0 Å². The Bertz CT molecular complexity index is 386. The summed E-state index contributed by atoms with van der Waals surface area (Å²) in [5.74, 6) is 1.83. The highest BCUT2D eigenvalue weighted by molar-refractivity contribution is 7.99. The second-order valence-electron chi connectivity index (χ2n) is 4.44. The molecular weight excluding hydrogens is 220 g/mol. The summed E-state index contributed by atoms with van der Waals surface area (Å²) < 4.78 is 1.91. The van der Waals surface area contributed by atoms with Crippen LogP contribution < -0.4 is 0 Å². The predicted molar refractivity (Wildman–Crippen MR) is 65.6 cm³/mol. The number of Topliss-reactive ketones (excluding diaryl/α,β-unsaturated/α-hetero) is 1. The Morgan fingerprint density at radius 3 is 3.00 bits per heavy atom. The van der Waals surface area contributed by atoms with Crippen LogP contribution in [0.5, 0.6) is 0 Å². The van der Waals surface area contributed by atoms with Crippen LogP contribution in [0.3, 0.4) is 0 Å². The molecule has 1 aromatic heterocycles. The lowest BCUT2D eigenvalue weighted by molar-refractivity contribution is -0.120. The molecule has 0 aromatic carbocycles. The number of hydrogen-bond acceptors (Lipinski definition) is 3. The molecule has 1 fully saturated rings. The van der Waals surface area contributed by atoms with Crippen molar-refractivity contribution >= 4 is 17.5 Å². The van der Waals surface area contributed by atoms with Crippen LogP contribution in [0.15, 0.2) is 11.1 Å². The maximum Gasteiger partial charge on any atom is 0.136 e. The molecule has 2 rings (SSSR count). The molecule has 1 heterocycles. The standard InChI is InChI=1S/C12H18N2OS/c1-9-8-12(14(2)13-9)16-7-6-10-4-3-5-11(10)15/h8,10H,3-7H2,1-2H3. The van der Waals surface area contributed by atoms with Crippen LogP contribution >= 0.6 is 11.8 Å². The fraction of sp³-hybridized carbons (Fsp3) is 0.667. The maximum absolute atomic E-state index is 11.5. The molecule has 1 aliphatic carbocycles. The molecule has 16 heavy (non-hydrogen) atoms. The monoisotopic (exact) mass is 238 g/mol. The van der Waals surface area contributed by atoms with Crippen LogP contribution in [0, 0.1) is 12.8 Å². The largest absolute Gasteiger partial charge is 0.299 e. The summed E-state index contributed by atoms with van der Waals surface area (Å²) in [7, 11) is 1.97. The molecular formula is C12H18N2OS. The lowest BCUT2D eigenvalue weighted by Gasteiger charge is -2.06. The molecule has 0 spiro atoms. The molecule has 0 N–H and O–H groups in total. The van der Waals surface area contributed by atoms with Crippen molar-refractivity contribution in [1.82, 2.24) is 9.78 Å². The summed E-state index contributed by atoms with van der Waals surface area (Å²) in [6, 6.07) is 2.10. The number of ketones is 1. The summed E-state index contributed by atoms with van der Waals surface area (Å²) in [6.45, 7) is 2.00. The van der Waals surface area contributed by atoms with E-state index >= 15 is 0 Å². The van der Waals surface area contributed by atoms with Gasteiger partial charge in [-0.15, -0.1) is 11.8 Å². The van der Waals surface area contributed by atoms with Crippen molar-refractivity contribution in [3.63, 3.8) is 0 Å². The van der Waals surface area contributed by atoms with E-state index in [1.54, 1.807) is 11.8 Å². The average molecular weight is 238 g/mol. The Labute approximate surface area is 101 Å².